The van der Waals surface area contributed by atoms with Crippen molar-refractivity contribution in [3.8, 4) is 11.5 Å². The maximum absolute atomic E-state index is 15.1. The molecule has 2 heterocycles. The molecule has 0 unspecified atom stereocenters. The van der Waals surface area contributed by atoms with Gasteiger partial charge < -0.3 is 15.2 Å². The summed E-state index contributed by atoms with van der Waals surface area (Å²) < 4.78 is 26.5. The first kappa shape index (κ1) is 20.5. The van der Waals surface area contributed by atoms with Crippen molar-refractivity contribution in [1.82, 2.24) is 14.8 Å². The Kier molecular flexibility index (Phi) is 5.92. The number of carbonyl (C=O) groups excluding carboxylic acids is 1. The molecule has 0 saturated carbocycles. The van der Waals surface area contributed by atoms with Gasteiger partial charge in [-0.15, -0.1) is 4.68 Å². The maximum atomic E-state index is 15.1. The van der Waals surface area contributed by atoms with Crippen molar-refractivity contribution in [2.75, 3.05) is 12.8 Å². The van der Waals surface area contributed by atoms with Crippen molar-refractivity contribution in [2.24, 2.45) is 0 Å². The van der Waals surface area contributed by atoms with Crippen LogP contribution in [0.15, 0.2) is 45.9 Å². The summed E-state index contributed by atoms with van der Waals surface area (Å²) in [6, 6.07) is 6.09. The Morgan fingerprint density at radius 2 is 2.07 bits per heavy atom. The van der Waals surface area contributed by atoms with Crippen LogP contribution in [0.5, 0.6) is 11.5 Å². The summed E-state index contributed by atoms with van der Waals surface area (Å²) in [6.45, 7) is 1.53. The third-order valence-corrected chi connectivity index (χ3v) is 4.40. The number of anilines is 1. The number of aromatic nitrogens is 3. The van der Waals surface area contributed by atoms with Crippen molar-refractivity contribution in [1.29, 1.82) is 0 Å². The topological polar surface area (TPSA) is 109 Å². The van der Waals surface area contributed by atoms with E-state index in [2.05, 4.69) is 30.7 Å². The molecule has 0 aliphatic heterocycles. The lowest BCUT2D eigenvalue weighted by molar-refractivity contribution is 0.167. The van der Waals surface area contributed by atoms with Gasteiger partial charge in [-0.2, -0.15) is 5.10 Å². The second-order valence-corrected chi connectivity index (χ2v) is 7.00. The van der Waals surface area contributed by atoms with Crippen molar-refractivity contribution in [2.45, 2.75) is 13.3 Å². The van der Waals surface area contributed by atoms with E-state index >= 15 is 4.39 Å². The lowest BCUT2D eigenvalue weighted by atomic mass is 10.1. The van der Waals surface area contributed by atoms with Crippen molar-refractivity contribution >= 4 is 27.7 Å². The van der Waals surface area contributed by atoms with E-state index in [0.717, 1.165) is 7.11 Å². The highest BCUT2D eigenvalue weighted by Crippen LogP contribution is 2.33. The van der Waals surface area contributed by atoms with E-state index in [4.69, 9.17) is 10.5 Å². The number of hydrogen-bond acceptors (Lipinski definition) is 7. The molecule has 2 aromatic heterocycles. The van der Waals surface area contributed by atoms with Crippen LogP contribution in [0.1, 0.15) is 16.8 Å². The zero-order valence-corrected chi connectivity index (χ0v) is 17.1. The van der Waals surface area contributed by atoms with Crippen molar-refractivity contribution in [3.63, 3.8) is 0 Å². The van der Waals surface area contributed by atoms with Crippen LogP contribution < -0.4 is 16.0 Å². The number of hydrogen-bond donors (Lipinski definition) is 1. The molecule has 10 heteroatoms. The molecule has 0 amide bonds. The van der Waals surface area contributed by atoms with Gasteiger partial charge in [-0.1, -0.05) is 6.07 Å². The van der Waals surface area contributed by atoms with Crippen LogP contribution >= 0.6 is 15.9 Å². The number of nitrogens with zero attached hydrogens (tertiary/aromatic N) is 3. The monoisotopic (exact) mass is 462 g/mol. The van der Waals surface area contributed by atoms with Gasteiger partial charge in [-0.3, -0.25) is 9.78 Å². The second kappa shape index (κ2) is 8.39. The van der Waals surface area contributed by atoms with E-state index < -0.39 is 17.5 Å². The second-order valence-electron chi connectivity index (χ2n) is 6.08. The SMILES string of the molecule is COC(=O)n1nc(Cc2ccc(N)c(Oc3cncc(Br)c3)c2F)cc(C)c1=O. The lowest BCUT2D eigenvalue weighted by Crippen LogP contribution is -2.32. The van der Waals surface area contributed by atoms with Gasteiger partial charge in [0.05, 0.1) is 24.7 Å². The van der Waals surface area contributed by atoms with E-state index in [1.165, 1.54) is 31.3 Å². The fraction of sp³-hybridized carbons (Fsp3) is 0.158. The first-order valence-corrected chi connectivity index (χ1v) is 9.13. The quantitative estimate of drug-likeness (QED) is 0.591. The maximum Gasteiger partial charge on any atom is 0.437 e. The average Bonchev–Trinajstić information content (AvgIpc) is 2.69. The Bertz CT molecular complexity index is 1150. The van der Waals surface area contributed by atoms with E-state index in [1.807, 2.05) is 0 Å². The number of halogens is 2. The predicted molar refractivity (Wildman–Crippen MR) is 107 cm³/mol. The number of benzene rings is 1. The van der Waals surface area contributed by atoms with E-state index in [-0.39, 0.29) is 29.0 Å². The molecule has 0 bridgehead atoms. The molecular weight excluding hydrogens is 447 g/mol. The third-order valence-electron chi connectivity index (χ3n) is 3.97. The van der Waals surface area contributed by atoms with Gasteiger partial charge in [-0.25, -0.2) is 9.18 Å². The zero-order chi connectivity index (χ0) is 21.1. The molecule has 29 heavy (non-hydrogen) atoms. The van der Waals surface area contributed by atoms with Crippen LogP contribution in [-0.2, 0) is 11.2 Å². The first-order chi connectivity index (χ1) is 13.8. The number of aryl methyl sites for hydroxylation is 1. The summed E-state index contributed by atoms with van der Waals surface area (Å²) >= 11 is 3.27. The first-order valence-electron chi connectivity index (χ1n) is 8.33. The van der Waals surface area contributed by atoms with E-state index in [0.29, 0.717) is 20.6 Å². The Morgan fingerprint density at radius 1 is 1.31 bits per heavy atom. The fourth-order valence-electron chi connectivity index (χ4n) is 2.59. The van der Waals surface area contributed by atoms with E-state index in [9.17, 15) is 9.59 Å². The summed E-state index contributed by atoms with van der Waals surface area (Å²) in [5, 5.41) is 3.96. The summed E-state index contributed by atoms with van der Waals surface area (Å²) in [5.41, 5.74) is 6.17. The minimum absolute atomic E-state index is 0.00266. The molecule has 8 nitrogen and oxygen atoms in total. The molecule has 0 radical (unpaired) electrons. The van der Waals surface area contributed by atoms with Gasteiger partial charge in [0.2, 0.25) is 0 Å². The average molecular weight is 463 g/mol. The summed E-state index contributed by atoms with van der Waals surface area (Å²) in [5.74, 6) is -0.531. The molecule has 0 aliphatic carbocycles. The van der Waals surface area contributed by atoms with Crippen LogP contribution in [0, 0.1) is 12.7 Å². The van der Waals surface area contributed by atoms with E-state index in [1.54, 1.807) is 12.3 Å². The van der Waals surface area contributed by atoms with Gasteiger partial charge in [-0.05, 0) is 46.6 Å². The van der Waals surface area contributed by atoms with Gasteiger partial charge in [0, 0.05) is 22.7 Å². The smallest absolute Gasteiger partial charge is 0.437 e. The van der Waals surface area contributed by atoms with Crippen LogP contribution in [0.2, 0.25) is 0 Å². The predicted octanol–water partition coefficient (Wildman–Crippen LogP) is 3.43. The molecule has 0 saturated heterocycles. The molecule has 0 aliphatic rings. The van der Waals surface area contributed by atoms with Gasteiger partial charge >= 0.3 is 6.09 Å². The van der Waals surface area contributed by atoms with Gasteiger partial charge in [0.1, 0.15) is 5.75 Å². The van der Waals surface area contributed by atoms with Crippen LogP contribution in [0.3, 0.4) is 0 Å². The number of methoxy groups -OCH3 is 1. The molecule has 2 N–H and O–H groups in total. The molecule has 1 aromatic carbocycles. The summed E-state index contributed by atoms with van der Waals surface area (Å²) in [7, 11) is 1.14. The highest BCUT2D eigenvalue weighted by atomic mass is 79.9. The van der Waals surface area contributed by atoms with Gasteiger partial charge in [0.15, 0.2) is 11.6 Å². The minimum atomic E-state index is -0.927. The Labute approximate surface area is 173 Å². The zero-order valence-electron chi connectivity index (χ0n) is 15.5. The molecule has 3 aromatic rings. The number of ether oxygens (including phenoxy) is 2. The summed E-state index contributed by atoms with van der Waals surface area (Å²) in [4.78, 5) is 27.8. The highest BCUT2D eigenvalue weighted by molar-refractivity contribution is 9.10. The number of rotatable bonds is 4. The Balaban J connectivity index is 1.98. The third kappa shape index (κ3) is 4.43. The van der Waals surface area contributed by atoms with Crippen LogP contribution in [0.4, 0.5) is 14.9 Å². The number of pyridine rings is 1. The van der Waals surface area contributed by atoms with Crippen molar-refractivity contribution < 1.29 is 18.7 Å². The molecular formula is C19H16BrFN4O4. The highest BCUT2D eigenvalue weighted by Gasteiger charge is 2.18. The summed E-state index contributed by atoms with van der Waals surface area (Å²) in [6.07, 6.45) is 2.06. The van der Waals surface area contributed by atoms with Gasteiger partial charge in [0.25, 0.3) is 5.56 Å². The molecule has 0 fully saturated rings. The Morgan fingerprint density at radius 3 is 2.76 bits per heavy atom. The molecule has 0 spiro atoms. The number of carbonyl (C=O) groups is 1. The molecule has 150 valence electrons. The standard InChI is InChI=1S/C19H16BrFN4O4/c1-10-5-13(24-25(18(10)26)19(27)28-2)6-11-3-4-15(22)17(16(11)21)29-14-7-12(20)8-23-9-14/h3-5,7-9H,6,22H2,1-2H3. The Hall–Kier alpha value is -3.27. The number of nitrogens with two attached hydrogens (primary N) is 1. The van der Waals surface area contributed by atoms with Crippen LogP contribution in [0.25, 0.3) is 0 Å². The largest absolute Gasteiger partial charge is 0.451 e. The molecule has 3 rings (SSSR count). The lowest BCUT2D eigenvalue weighted by Gasteiger charge is -2.13. The minimum Gasteiger partial charge on any atom is -0.451 e. The molecule has 0 atom stereocenters. The van der Waals surface area contributed by atoms with Crippen molar-refractivity contribution in [3.05, 3.63) is 74.1 Å². The normalized spacial score (nSPS) is 10.6. The van der Waals surface area contributed by atoms with Crippen LogP contribution in [-0.4, -0.2) is 28.0 Å². The fourth-order valence-corrected chi connectivity index (χ4v) is 2.94. The number of nitrogen functional groups attached to an aromatic ring is 1.